The monoisotopic (exact) mass is 460 g/mol. The van der Waals surface area contributed by atoms with Crippen molar-refractivity contribution in [2.45, 2.75) is 76.7 Å². The number of hydrogen-bond acceptors (Lipinski definition) is 7. The molecular weight excluding hydrogens is 424 g/mol. The second-order valence-electron chi connectivity index (χ2n) is 8.01. The molecular formula is C20H36N4O6S. The highest BCUT2D eigenvalue weighted by molar-refractivity contribution is 7.98. The predicted octanol–water partition coefficient (Wildman–Crippen LogP) is -0.461. The van der Waals surface area contributed by atoms with Crippen LogP contribution < -0.4 is 16.4 Å². The summed E-state index contributed by atoms with van der Waals surface area (Å²) in [5.41, 5.74) is 5.67. The van der Waals surface area contributed by atoms with Gasteiger partial charge in [0.1, 0.15) is 24.2 Å². The van der Waals surface area contributed by atoms with E-state index >= 15 is 0 Å². The van der Waals surface area contributed by atoms with Crippen LogP contribution in [0.5, 0.6) is 0 Å². The normalized spacial score (nSPS) is 21.0. The molecule has 6 unspecified atom stereocenters. The number of rotatable bonds is 12. The van der Waals surface area contributed by atoms with Gasteiger partial charge < -0.3 is 31.5 Å². The second kappa shape index (κ2) is 12.9. The van der Waals surface area contributed by atoms with Crippen molar-refractivity contribution in [2.75, 3.05) is 18.6 Å². The quantitative estimate of drug-likeness (QED) is 0.261. The zero-order valence-corrected chi connectivity index (χ0v) is 19.5. The summed E-state index contributed by atoms with van der Waals surface area (Å²) in [7, 11) is 0. The van der Waals surface area contributed by atoms with Crippen molar-refractivity contribution in [3.8, 4) is 0 Å². The summed E-state index contributed by atoms with van der Waals surface area (Å²) in [5, 5.41) is 24.3. The van der Waals surface area contributed by atoms with Crippen molar-refractivity contribution in [2.24, 2.45) is 11.7 Å². The minimum Gasteiger partial charge on any atom is -0.480 e. The largest absolute Gasteiger partial charge is 0.480 e. The van der Waals surface area contributed by atoms with E-state index in [4.69, 9.17) is 5.73 Å². The first-order valence-electron chi connectivity index (χ1n) is 10.6. The van der Waals surface area contributed by atoms with E-state index in [0.717, 1.165) is 0 Å². The molecule has 1 rings (SSSR count). The van der Waals surface area contributed by atoms with Crippen molar-refractivity contribution in [1.82, 2.24) is 15.5 Å². The lowest BCUT2D eigenvalue weighted by atomic mass is 9.96. The van der Waals surface area contributed by atoms with Gasteiger partial charge in [-0.25, -0.2) is 4.79 Å². The zero-order valence-electron chi connectivity index (χ0n) is 18.7. The third kappa shape index (κ3) is 7.65. The van der Waals surface area contributed by atoms with E-state index in [1.165, 1.54) is 23.6 Å². The Morgan fingerprint density at radius 1 is 1.19 bits per heavy atom. The third-order valence-electron chi connectivity index (χ3n) is 5.66. The van der Waals surface area contributed by atoms with Crippen molar-refractivity contribution >= 4 is 35.5 Å². The molecule has 11 heteroatoms. The van der Waals surface area contributed by atoms with Crippen molar-refractivity contribution in [1.29, 1.82) is 0 Å². The van der Waals surface area contributed by atoms with Crippen LogP contribution in [0.1, 0.15) is 46.5 Å². The number of aliphatic carboxylic acids is 1. The molecule has 0 aliphatic carbocycles. The van der Waals surface area contributed by atoms with Crippen molar-refractivity contribution < 1.29 is 29.4 Å². The first-order valence-corrected chi connectivity index (χ1v) is 12.0. The standard InChI is InChI=1S/C20H36N4O6S/c1-5-11(2)16(19(28)24-9-6-7-14(24)20(29)30)23-17(26)13(8-10-31-4)22-18(27)15(21)12(3)25/h11-16,25H,5-10,21H2,1-4H3,(H,22,27)(H,23,26)(H,29,30). The Kier molecular flexibility index (Phi) is 11.3. The van der Waals surface area contributed by atoms with Gasteiger partial charge in [0, 0.05) is 6.54 Å². The molecule has 0 aromatic carbocycles. The Morgan fingerprint density at radius 3 is 2.35 bits per heavy atom. The van der Waals surface area contributed by atoms with E-state index in [9.17, 15) is 29.4 Å². The average molecular weight is 461 g/mol. The third-order valence-corrected chi connectivity index (χ3v) is 6.31. The molecule has 1 fully saturated rings. The summed E-state index contributed by atoms with van der Waals surface area (Å²) in [6.07, 6.45) is 2.66. The molecule has 10 nitrogen and oxygen atoms in total. The molecule has 0 spiro atoms. The molecule has 31 heavy (non-hydrogen) atoms. The number of amides is 3. The van der Waals surface area contributed by atoms with Crippen LogP contribution in [0.25, 0.3) is 0 Å². The molecule has 6 atom stereocenters. The summed E-state index contributed by atoms with van der Waals surface area (Å²) >= 11 is 1.50. The SMILES string of the molecule is CCC(C)C(NC(=O)C(CCSC)NC(=O)C(N)C(C)O)C(=O)N1CCCC1C(=O)O. The number of thioether (sulfide) groups is 1. The van der Waals surface area contributed by atoms with Crippen LogP contribution in [0.4, 0.5) is 0 Å². The minimum absolute atomic E-state index is 0.233. The zero-order chi connectivity index (χ0) is 23.7. The summed E-state index contributed by atoms with van der Waals surface area (Å²) in [6, 6.07) is -3.92. The maximum Gasteiger partial charge on any atom is 0.326 e. The molecule has 0 bridgehead atoms. The number of aliphatic hydroxyl groups excluding tert-OH is 1. The number of likely N-dealkylation sites (tertiary alicyclic amines) is 1. The van der Waals surface area contributed by atoms with Gasteiger partial charge in [-0.15, -0.1) is 0 Å². The van der Waals surface area contributed by atoms with E-state index in [0.29, 0.717) is 38.0 Å². The van der Waals surface area contributed by atoms with Gasteiger partial charge in [-0.05, 0) is 44.1 Å². The van der Waals surface area contributed by atoms with Crippen molar-refractivity contribution in [3.63, 3.8) is 0 Å². The predicted molar refractivity (Wildman–Crippen MR) is 118 cm³/mol. The van der Waals surface area contributed by atoms with Crippen LogP contribution in [0.3, 0.4) is 0 Å². The smallest absolute Gasteiger partial charge is 0.326 e. The van der Waals surface area contributed by atoms with Crippen LogP contribution in [-0.2, 0) is 19.2 Å². The van der Waals surface area contributed by atoms with Gasteiger partial charge >= 0.3 is 5.97 Å². The summed E-state index contributed by atoms with van der Waals surface area (Å²) in [4.78, 5) is 51.3. The number of nitrogens with two attached hydrogens (primary N) is 1. The molecule has 0 aromatic heterocycles. The van der Waals surface area contributed by atoms with E-state index in [2.05, 4.69) is 10.6 Å². The van der Waals surface area contributed by atoms with Crippen LogP contribution in [0, 0.1) is 5.92 Å². The highest BCUT2D eigenvalue weighted by Gasteiger charge is 2.40. The molecule has 0 radical (unpaired) electrons. The number of aliphatic hydroxyl groups is 1. The van der Waals surface area contributed by atoms with Crippen LogP contribution in [-0.4, -0.2) is 87.6 Å². The first-order chi connectivity index (χ1) is 14.5. The fourth-order valence-electron chi connectivity index (χ4n) is 3.39. The maximum atomic E-state index is 13.2. The Morgan fingerprint density at radius 2 is 1.84 bits per heavy atom. The summed E-state index contributed by atoms with van der Waals surface area (Å²) < 4.78 is 0. The van der Waals surface area contributed by atoms with Gasteiger partial charge in [-0.3, -0.25) is 14.4 Å². The molecule has 1 saturated heterocycles. The number of carboxylic acid groups (broad SMARTS) is 1. The minimum atomic E-state index is -1.18. The Balaban J connectivity index is 3.01. The number of carboxylic acids is 1. The second-order valence-corrected chi connectivity index (χ2v) is 8.99. The Labute approximate surface area is 187 Å². The molecule has 6 N–H and O–H groups in total. The van der Waals surface area contributed by atoms with E-state index in [-0.39, 0.29) is 5.92 Å². The molecule has 1 aliphatic heterocycles. The highest BCUT2D eigenvalue weighted by Crippen LogP contribution is 2.21. The van der Waals surface area contributed by atoms with Gasteiger partial charge in [0.2, 0.25) is 17.7 Å². The molecule has 0 saturated carbocycles. The molecule has 178 valence electrons. The fraction of sp³-hybridized carbons (Fsp3) is 0.800. The van der Waals surface area contributed by atoms with Crippen molar-refractivity contribution in [3.05, 3.63) is 0 Å². The lowest BCUT2D eigenvalue weighted by Crippen LogP contribution is -2.59. The Bertz CT molecular complexity index is 647. The number of nitrogens with zero attached hydrogens (tertiary/aromatic N) is 1. The number of hydrogen-bond donors (Lipinski definition) is 5. The van der Waals surface area contributed by atoms with Gasteiger partial charge in [0.05, 0.1) is 6.10 Å². The van der Waals surface area contributed by atoms with Crippen LogP contribution in [0.2, 0.25) is 0 Å². The highest BCUT2D eigenvalue weighted by atomic mass is 32.2. The molecule has 3 amide bonds. The number of nitrogens with one attached hydrogen (secondary N) is 2. The molecule has 1 aliphatic rings. The van der Waals surface area contributed by atoms with Gasteiger partial charge in [-0.2, -0.15) is 11.8 Å². The topological polar surface area (TPSA) is 162 Å². The van der Waals surface area contributed by atoms with E-state index in [1.807, 2.05) is 20.1 Å². The molecule has 1 heterocycles. The summed E-state index contributed by atoms with van der Waals surface area (Å²) in [5.74, 6) is -2.33. The first kappa shape index (κ1) is 27.2. The lowest BCUT2D eigenvalue weighted by Gasteiger charge is -2.31. The van der Waals surface area contributed by atoms with Gasteiger partial charge in [0.25, 0.3) is 0 Å². The average Bonchev–Trinajstić information content (AvgIpc) is 3.23. The Hall–Kier alpha value is -1.85. The maximum absolute atomic E-state index is 13.2. The van der Waals surface area contributed by atoms with E-state index < -0.39 is 54.0 Å². The number of carbonyl (C=O) groups excluding carboxylic acids is 3. The lowest BCUT2D eigenvalue weighted by molar-refractivity contribution is -0.150. The molecule has 0 aromatic rings. The van der Waals surface area contributed by atoms with Gasteiger partial charge in [0.15, 0.2) is 0 Å². The van der Waals surface area contributed by atoms with Crippen LogP contribution in [0.15, 0.2) is 0 Å². The van der Waals surface area contributed by atoms with Gasteiger partial charge in [-0.1, -0.05) is 20.3 Å². The summed E-state index contributed by atoms with van der Waals surface area (Å²) in [6.45, 7) is 5.40. The van der Waals surface area contributed by atoms with Crippen LogP contribution >= 0.6 is 11.8 Å². The van der Waals surface area contributed by atoms with E-state index in [1.54, 1.807) is 0 Å². The fourth-order valence-corrected chi connectivity index (χ4v) is 3.87. The number of carbonyl (C=O) groups is 4.